The molecule has 1 atom stereocenters. The van der Waals surface area contributed by atoms with E-state index in [4.69, 9.17) is 0 Å². The van der Waals surface area contributed by atoms with Crippen LogP contribution in [0.1, 0.15) is 38.3 Å². The number of aromatic nitrogens is 1. The quantitative estimate of drug-likeness (QED) is 0.867. The summed E-state index contributed by atoms with van der Waals surface area (Å²) in [4.78, 5) is 17.9. The molecule has 1 N–H and O–H groups in total. The van der Waals surface area contributed by atoms with Gasteiger partial charge in [-0.05, 0) is 44.4 Å². The Labute approximate surface area is 102 Å². The first-order valence-electron chi connectivity index (χ1n) is 6.19. The molecule has 0 radical (unpaired) electrons. The predicted octanol–water partition coefficient (Wildman–Crippen LogP) is 2.34. The van der Waals surface area contributed by atoms with Crippen LogP contribution in [0.3, 0.4) is 0 Å². The molecular weight excluding hydrogens is 214 g/mol. The average Bonchev–Trinajstić information content (AvgIpc) is 3.15. The van der Waals surface area contributed by atoms with E-state index in [1.54, 1.807) is 12.4 Å². The zero-order valence-corrected chi connectivity index (χ0v) is 10.4. The molecular formula is C13H19N3O. The number of carbonyl (C=O) groups excluding carboxylic acids is 1. The van der Waals surface area contributed by atoms with E-state index < -0.39 is 0 Å². The van der Waals surface area contributed by atoms with Gasteiger partial charge in [-0.1, -0.05) is 0 Å². The Morgan fingerprint density at radius 2 is 2.18 bits per heavy atom. The molecule has 0 aliphatic heterocycles. The second-order valence-corrected chi connectivity index (χ2v) is 4.47. The highest BCUT2D eigenvalue weighted by molar-refractivity contribution is 5.75. The van der Waals surface area contributed by atoms with E-state index in [1.165, 1.54) is 0 Å². The van der Waals surface area contributed by atoms with Gasteiger partial charge in [0.1, 0.15) is 0 Å². The predicted molar refractivity (Wildman–Crippen MR) is 66.6 cm³/mol. The standard InChI is InChI=1S/C13H19N3O/c1-3-16(13(17)15-12-4-5-12)10(2)11-6-8-14-9-7-11/h6-10,12H,3-5H2,1-2H3,(H,15,17)/t10-/m1/s1. The van der Waals surface area contributed by atoms with Crippen LogP contribution in [0.25, 0.3) is 0 Å². The molecule has 1 aliphatic carbocycles. The van der Waals surface area contributed by atoms with E-state index in [0.717, 1.165) is 18.4 Å². The largest absolute Gasteiger partial charge is 0.335 e. The lowest BCUT2D eigenvalue weighted by atomic mass is 10.1. The Hall–Kier alpha value is -1.58. The number of nitrogens with one attached hydrogen (secondary N) is 1. The molecule has 2 rings (SSSR count). The molecule has 1 aromatic heterocycles. The molecule has 1 heterocycles. The van der Waals surface area contributed by atoms with Crippen molar-refractivity contribution in [2.24, 2.45) is 0 Å². The molecule has 0 aromatic carbocycles. The van der Waals surface area contributed by atoms with Crippen LogP contribution in [0, 0.1) is 0 Å². The van der Waals surface area contributed by atoms with E-state index >= 15 is 0 Å². The molecule has 1 fully saturated rings. The molecule has 4 heteroatoms. The maximum absolute atomic E-state index is 12.0. The van der Waals surface area contributed by atoms with Crippen LogP contribution in [0.15, 0.2) is 24.5 Å². The molecule has 2 amide bonds. The molecule has 0 saturated heterocycles. The molecule has 92 valence electrons. The Morgan fingerprint density at radius 3 is 2.71 bits per heavy atom. The number of carbonyl (C=O) groups is 1. The lowest BCUT2D eigenvalue weighted by Crippen LogP contribution is -2.42. The van der Waals surface area contributed by atoms with Crippen molar-refractivity contribution < 1.29 is 4.79 Å². The van der Waals surface area contributed by atoms with Gasteiger partial charge in [-0.15, -0.1) is 0 Å². The van der Waals surface area contributed by atoms with E-state index in [2.05, 4.69) is 10.3 Å². The van der Waals surface area contributed by atoms with Crippen molar-refractivity contribution in [3.63, 3.8) is 0 Å². The van der Waals surface area contributed by atoms with Gasteiger partial charge >= 0.3 is 6.03 Å². The molecule has 17 heavy (non-hydrogen) atoms. The minimum Gasteiger partial charge on any atom is -0.335 e. The summed E-state index contributed by atoms with van der Waals surface area (Å²) in [5.41, 5.74) is 1.12. The second-order valence-electron chi connectivity index (χ2n) is 4.47. The van der Waals surface area contributed by atoms with Crippen LogP contribution in [0.4, 0.5) is 4.79 Å². The average molecular weight is 233 g/mol. The molecule has 1 saturated carbocycles. The highest BCUT2D eigenvalue weighted by Gasteiger charge is 2.27. The highest BCUT2D eigenvalue weighted by atomic mass is 16.2. The molecule has 0 bridgehead atoms. The third-order valence-electron chi connectivity index (χ3n) is 3.16. The van der Waals surface area contributed by atoms with Crippen LogP contribution in [-0.4, -0.2) is 28.5 Å². The van der Waals surface area contributed by atoms with Crippen molar-refractivity contribution in [1.82, 2.24) is 15.2 Å². The number of hydrogen-bond donors (Lipinski definition) is 1. The van der Waals surface area contributed by atoms with Crippen molar-refractivity contribution in [2.75, 3.05) is 6.54 Å². The highest BCUT2D eigenvalue weighted by Crippen LogP contribution is 2.22. The summed E-state index contributed by atoms with van der Waals surface area (Å²) >= 11 is 0. The number of urea groups is 1. The second kappa shape index (κ2) is 5.17. The van der Waals surface area contributed by atoms with Crippen LogP contribution < -0.4 is 5.32 Å². The van der Waals surface area contributed by atoms with Crippen molar-refractivity contribution in [3.8, 4) is 0 Å². The first-order valence-corrected chi connectivity index (χ1v) is 6.19. The van der Waals surface area contributed by atoms with E-state index in [1.807, 2.05) is 30.9 Å². The lowest BCUT2D eigenvalue weighted by molar-refractivity contribution is 0.182. The fourth-order valence-corrected chi connectivity index (χ4v) is 1.90. The minimum absolute atomic E-state index is 0.0410. The van der Waals surface area contributed by atoms with Gasteiger partial charge in [0.05, 0.1) is 6.04 Å². The van der Waals surface area contributed by atoms with Gasteiger partial charge in [0, 0.05) is 25.0 Å². The summed E-state index contributed by atoms with van der Waals surface area (Å²) in [6.07, 6.45) is 5.76. The summed E-state index contributed by atoms with van der Waals surface area (Å²) in [5.74, 6) is 0. The molecule has 4 nitrogen and oxygen atoms in total. The normalized spacial score (nSPS) is 16.4. The van der Waals surface area contributed by atoms with Crippen LogP contribution in [0.5, 0.6) is 0 Å². The summed E-state index contributed by atoms with van der Waals surface area (Å²) in [6, 6.07) is 4.44. The number of hydrogen-bond acceptors (Lipinski definition) is 2. The zero-order valence-electron chi connectivity index (χ0n) is 10.4. The van der Waals surface area contributed by atoms with Gasteiger partial charge in [-0.25, -0.2) is 4.79 Å². The molecule has 0 spiro atoms. The molecule has 0 unspecified atom stereocenters. The maximum atomic E-state index is 12.0. The first-order chi connectivity index (χ1) is 8.22. The Balaban J connectivity index is 2.03. The van der Waals surface area contributed by atoms with Crippen LogP contribution in [-0.2, 0) is 0 Å². The molecule has 1 aromatic rings. The smallest absolute Gasteiger partial charge is 0.318 e. The Kier molecular flexibility index (Phi) is 3.61. The van der Waals surface area contributed by atoms with Crippen molar-refractivity contribution in [1.29, 1.82) is 0 Å². The Bertz CT molecular complexity index is 376. The van der Waals surface area contributed by atoms with Gasteiger partial charge < -0.3 is 10.2 Å². The zero-order chi connectivity index (χ0) is 12.3. The fraction of sp³-hybridized carbons (Fsp3) is 0.538. The maximum Gasteiger partial charge on any atom is 0.318 e. The number of pyridine rings is 1. The number of rotatable bonds is 4. The first kappa shape index (κ1) is 11.9. The summed E-state index contributed by atoms with van der Waals surface area (Å²) < 4.78 is 0. The minimum atomic E-state index is 0.0410. The third-order valence-corrected chi connectivity index (χ3v) is 3.16. The van der Waals surface area contributed by atoms with Crippen LogP contribution in [0.2, 0.25) is 0 Å². The fourth-order valence-electron chi connectivity index (χ4n) is 1.90. The number of amides is 2. The van der Waals surface area contributed by atoms with Crippen LogP contribution >= 0.6 is 0 Å². The van der Waals surface area contributed by atoms with Gasteiger partial charge in [0.15, 0.2) is 0 Å². The van der Waals surface area contributed by atoms with Crippen molar-refractivity contribution in [3.05, 3.63) is 30.1 Å². The summed E-state index contributed by atoms with van der Waals surface area (Å²) in [5, 5.41) is 3.03. The van der Waals surface area contributed by atoms with Crippen molar-refractivity contribution in [2.45, 2.75) is 38.8 Å². The van der Waals surface area contributed by atoms with Gasteiger partial charge in [0.25, 0.3) is 0 Å². The lowest BCUT2D eigenvalue weighted by Gasteiger charge is -2.28. The monoisotopic (exact) mass is 233 g/mol. The third kappa shape index (κ3) is 2.96. The molecule has 1 aliphatic rings. The summed E-state index contributed by atoms with van der Waals surface area (Å²) in [6.45, 7) is 4.76. The SMILES string of the molecule is CCN(C(=O)NC1CC1)[C@H](C)c1ccncc1. The van der Waals surface area contributed by atoms with Gasteiger partial charge in [0.2, 0.25) is 0 Å². The topological polar surface area (TPSA) is 45.2 Å². The number of nitrogens with zero attached hydrogens (tertiary/aromatic N) is 2. The summed E-state index contributed by atoms with van der Waals surface area (Å²) in [7, 11) is 0. The van der Waals surface area contributed by atoms with Crippen molar-refractivity contribution >= 4 is 6.03 Å². The van der Waals surface area contributed by atoms with Gasteiger partial charge in [-0.2, -0.15) is 0 Å². The van der Waals surface area contributed by atoms with E-state index in [0.29, 0.717) is 12.6 Å². The van der Waals surface area contributed by atoms with Gasteiger partial charge in [-0.3, -0.25) is 4.98 Å². The van der Waals surface area contributed by atoms with E-state index in [9.17, 15) is 4.79 Å². The van der Waals surface area contributed by atoms with E-state index in [-0.39, 0.29) is 12.1 Å². The Morgan fingerprint density at radius 1 is 1.53 bits per heavy atom.